The standard InChI is InChI=1S/C14H25B3O8P/c1-7-12(9(5-20-3)23-13(7)15)25-26(18,19)22-6-10-11(21-4)8(2)14(17-16)24-10/h7-14H,5-6H2,1-4H3,(H,18,19)/t7-,8-,9+,10+,11?,12?,13+,14+/m0/s1. The summed E-state index contributed by atoms with van der Waals surface area (Å²) in [5.74, 6) is -0.310. The van der Waals surface area contributed by atoms with Gasteiger partial charge in [-0.2, -0.15) is 0 Å². The molecule has 2 aliphatic rings. The van der Waals surface area contributed by atoms with Crippen LogP contribution in [0.2, 0.25) is 0 Å². The van der Waals surface area contributed by atoms with E-state index in [1.807, 2.05) is 6.92 Å². The van der Waals surface area contributed by atoms with Gasteiger partial charge >= 0.3 is 7.82 Å². The van der Waals surface area contributed by atoms with Crippen molar-refractivity contribution in [1.82, 2.24) is 0 Å². The minimum absolute atomic E-state index is 0.00932. The van der Waals surface area contributed by atoms with Crippen LogP contribution >= 0.6 is 7.82 Å². The van der Waals surface area contributed by atoms with E-state index in [9.17, 15) is 9.46 Å². The summed E-state index contributed by atoms with van der Waals surface area (Å²) in [5.41, 5.74) is 0. The third-order valence-corrected chi connectivity index (χ3v) is 5.90. The molecule has 2 aliphatic heterocycles. The van der Waals surface area contributed by atoms with Gasteiger partial charge in [0.1, 0.15) is 26.2 Å². The van der Waals surface area contributed by atoms with Crippen molar-refractivity contribution in [1.29, 1.82) is 0 Å². The Bertz CT molecular complexity index is 501. The van der Waals surface area contributed by atoms with Crippen LogP contribution in [0.3, 0.4) is 0 Å². The first-order valence-corrected chi connectivity index (χ1v) is 10.0. The molecule has 0 aromatic rings. The van der Waals surface area contributed by atoms with Gasteiger partial charge in [0, 0.05) is 45.8 Å². The second-order valence-corrected chi connectivity index (χ2v) is 8.09. The molecule has 0 saturated carbocycles. The van der Waals surface area contributed by atoms with E-state index in [2.05, 4.69) is 0 Å². The molecule has 0 aromatic carbocycles. The molecular weight excluding hydrogens is 360 g/mol. The van der Waals surface area contributed by atoms with Crippen LogP contribution < -0.4 is 0 Å². The summed E-state index contributed by atoms with van der Waals surface area (Å²) < 4.78 is 44.5. The van der Waals surface area contributed by atoms with Gasteiger partial charge < -0.3 is 23.8 Å². The molecule has 1 N–H and O–H groups in total. The summed E-state index contributed by atoms with van der Waals surface area (Å²) in [6, 6.07) is -0.933. The molecule has 12 heteroatoms. The molecule has 5 radical (unpaired) electrons. The Balaban J connectivity index is 1.95. The normalized spacial score (nSPS) is 42.7. The second kappa shape index (κ2) is 9.57. The summed E-state index contributed by atoms with van der Waals surface area (Å²) in [6.07, 6.45) is -2.14. The van der Waals surface area contributed by atoms with Crippen LogP contribution in [0.1, 0.15) is 13.8 Å². The lowest BCUT2D eigenvalue weighted by molar-refractivity contribution is -0.0389. The van der Waals surface area contributed by atoms with Crippen molar-refractivity contribution in [2.75, 3.05) is 27.4 Å². The zero-order valence-corrected chi connectivity index (χ0v) is 16.4. The first-order valence-electron chi connectivity index (χ1n) is 8.53. The maximum atomic E-state index is 12.4. The third-order valence-electron chi connectivity index (χ3n) is 4.92. The van der Waals surface area contributed by atoms with Gasteiger partial charge in [0.15, 0.2) is 0 Å². The zero-order chi connectivity index (χ0) is 19.5. The largest absolute Gasteiger partial charge is 0.472 e. The maximum absolute atomic E-state index is 12.4. The molecule has 2 fully saturated rings. The molecule has 8 nitrogen and oxygen atoms in total. The Hall–Kier alpha value is 0.145. The molecule has 0 aromatic heterocycles. The summed E-state index contributed by atoms with van der Waals surface area (Å²) >= 11 is 0. The van der Waals surface area contributed by atoms with Crippen LogP contribution in [-0.4, -0.2) is 91.5 Å². The van der Waals surface area contributed by atoms with E-state index in [0.717, 1.165) is 0 Å². The van der Waals surface area contributed by atoms with Gasteiger partial charge in [-0.3, -0.25) is 9.05 Å². The van der Waals surface area contributed by atoms with Crippen molar-refractivity contribution in [2.45, 2.75) is 50.3 Å². The highest BCUT2D eigenvalue weighted by Crippen LogP contribution is 2.49. The first-order chi connectivity index (χ1) is 12.2. The van der Waals surface area contributed by atoms with E-state index in [1.165, 1.54) is 14.3 Å². The molecule has 2 saturated heterocycles. The van der Waals surface area contributed by atoms with Crippen LogP contribution in [-0.2, 0) is 32.6 Å². The molecule has 9 atom stereocenters. The highest BCUT2D eigenvalue weighted by atomic mass is 31.2. The minimum Gasteiger partial charge on any atom is -0.382 e. The summed E-state index contributed by atoms with van der Waals surface area (Å²) in [4.78, 5) is 10.1. The van der Waals surface area contributed by atoms with E-state index < -0.39 is 32.1 Å². The van der Waals surface area contributed by atoms with Crippen molar-refractivity contribution in [3.63, 3.8) is 0 Å². The van der Waals surface area contributed by atoms with Crippen molar-refractivity contribution in [2.24, 2.45) is 11.8 Å². The van der Waals surface area contributed by atoms with Crippen LogP contribution in [0.5, 0.6) is 0 Å². The van der Waals surface area contributed by atoms with Gasteiger partial charge in [-0.15, -0.1) is 0 Å². The van der Waals surface area contributed by atoms with E-state index >= 15 is 0 Å². The van der Waals surface area contributed by atoms with Gasteiger partial charge in [0.2, 0.25) is 0 Å². The lowest BCUT2D eigenvalue weighted by atomic mass is 9.49. The van der Waals surface area contributed by atoms with Crippen LogP contribution in [0, 0.1) is 11.8 Å². The lowest BCUT2D eigenvalue weighted by Gasteiger charge is -2.25. The number of phosphoric ester groups is 1. The van der Waals surface area contributed by atoms with Crippen molar-refractivity contribution >= 4 is 30.6 Å². The maximum Gasteiger partial charge on any atom is 0.472 e. The van der Waals surface area contributed by atoms with Gasteiger partial charge in [0.25, 0.3) is 0 Å². The topological polar surface area (TPSA) is 92.7 Å². The Kier molecular flexibility index (Phi) is 8.25. The minimum atomic E-state index is -4.37. The Morgan fingerprint density at radius 3 is 2.35 bits per heavy atom. The van der Waals surface area contributed by atoms with E-state index in [4.69, 9.17) is 43.6 Å². The number of rotatable bonds is 9. The quantitative estimate of drug-likeness (QED) is 0.432. The number of hydrogen-bond donors (Lipinski definition) is 1. The molecule has 2 rings (SSSR count). The van der Waals surface area contributed by atoms with Crippen LogP contribution in [0.25, 0.3) is 0 Å². The Morgan fingerprint density at radius 2 is 1.77 bits per heavy atom. The summed E-state index contributed by atoms with van der Waals surface area (Å²) in [7, 11) is 11.5. The molecular formula is C14H25B3O8P. The fourth-order valence-electron chi connectivity index (χ4n) is 3.39. The molecule has 0 bridgehead atoms. The predicted octanol–water partition coefficient (Wildman–Crippen LogP) is -0.172. The number of ether oxygens (including phenoxy) is 4. The Morgan fingerprint density at radius 1 is 1.12 bits per heavy atom. The van der Waals surface area contributed by atoms with Gasteiger partial charge in [0.05, 0.1) is 26.5 Å². The fraction of sp³-hybridized carbons (Fsp3) is 1.00. The molecule has 0 aliphatic carbocycles. The van der Waals surface area contributed by atoms with Crippen molar-refractivity contribution < 1.29 is 37.5 Å². The number of methoxy groups -OCH3 is 2. The third kappa shape index (κ3) is 5.14. The first kappa shape index (κ1) is 22.4. The SMILES string of the molecule is [B][B][C@@H]1O[C@H](COP(=O)(O)OC2[C@@H](COC)O[C@@H]([B])[C@H]2C)C(OC)[C@@H]1C. The second-order valence-electron chi connectivity index (χ2n) is 6.68. The Labute approximate surface area is 158 Å². The van der Waals surface area contributed by atoms with Crippen molar-refractivity contribution in [3.8, 4) is 0 Å². The van der Waals surface area contributed by atoms with Crippen LogP contribution in [0.4, 0.5) is 0 Å². The van der Waals surface area contributed by atoms with Gasteiger partial charge in [-0.25, -0.2) is 4.57 Å². The summed E-state index contributed by atoms with van der Waals surface area (Å²) in [6.45, 7) is 3.70. The molecule has 3 unspecified atom stereocenters. The summed E-state index contributed by atoms with van der Waals surface area (Å²) in [5, 5.41) is 0. The molecule has 0 spiro atoms. The molecule has 0 amide bonds. The highest BCUT2D eigenvalue weighted by Gasteiger charge is 2.46. The smallest absolute Gasteiger partial charge is 0.382 e. The van der Waals surface area contributed by atoms with Crippen molar-refractivity contribution in [3.05, 3.63) is 0 Å². The molecule has 2 heterocycles. The van der Waals surface area contributed by atoms with Gasteiger partial charge in [-0.05, 0) is 0 Å². The monoisotopic (exact) mass is 385 g/mol. The fourth-order valence-corrected chi connectivity index (χ4v) is 4.42. The number of phosphoric acid groups is 1. The molecule has 143 valence electrons. The van der Waals surface area contributed by atoms with E-state index in [-0.39, 0.29) is 37.2 Å². The van der Waals surface area contributed by atoms with E-state index in [1.54, 1.807) is 14.0 Å². The lowest BCUT2D eigenvalue weighted by Crippen LogP contribution is -2.33. The number of hydrogen-bond acceptors (Lipinski definition) is 7. The molecule has 26 heavy (non-hydrogen) atoms. The average Bonchev–Trinajstić information content (AvgIpc) is 3.04. The van der Waals surface area contributed by atoms with Crippen LogP contribution in [0.15, 0.2) is 0 Å². The van der Waals surface area contributed by atoms with Gasteiger partial charge in [-0.1, -0.05) is 13.8 Å². The zero-order valence-electron chi connectivity index (χ0n) is 15.5. The highest BCUT2D eigenvalue weighted by molar-refractivity contribution is 7.47. The average molecular weight is 385 g/mol. The van der Waals surface area contributed by atoms with E-state index in [0.29, 0.717) is 0 Å². The predicted molar refractivity (Wildman–Crippen MR) is 96.2 cm³/mol.